The average Bonchev–Trinajstić information content (AvgIpc) is 3.77. The minimum atomic E-state index is -1.01. The smallest absolute Gasteiger partial charge is 0.312 e. The summed E-state index contributed by atoms with van der Waals surface area (Å²) in [7, 11) is 4.73. The second kappa shape index (κ2) is 13.2. The fraction of sp³-hybridized carbons (Fsp3) is 0.486. The van der Waals surface area contributed by atoms with Crippen molar-refractivity contribution in [3.05, 3.63) is 45.1 Å². The SMILES string of the molecule is COc1cc2sc3c(c2cc1OC)CN(CC(C)(C)C(=O)OCCOc1cc2sc4c(c2cc1OC)CN(CC(C)(C)C(=O)O)C4O)C3O. The fourth-order valence-electron chi connectivity index (χ4n) is 6.51. The van der Waals surface area contributed by atoms with Crippen molar-refractivity contribution in [3.63, 3.8) is 0 Å². The van der Waals surface area contributed by atoms with E-state index >= 15 is 0 Å². The number of carboxylic acid groups (broad SMARTS) is 1. The number of ether oxygens (including phenoxy) is 5. The number of hydrogen-bond acceptors (Lipinski definition) is 13. The van der Waals surface area contributed by atoms with E-state index in [1.807, 2.05) is 29.2 Å². The first-order chi connectivity index (χ1) is 23.2. The molecule has 0 bridgehead atoms. The number of carbonyl (C=O) groups excluding carboxylic acids is 1. The third kappa shape index (κ3) is 6.41. The molecule has 0 saturated heterocycles. The molecule has 49 heavy (non-hydrogen) atoms. The molecule has 2 unspecified atom stereocenters. The quantitative estimate of drug-likeness (QED) is 0.118. The second-order valence-electron chi connectivity index (χ2n) is 13.7. The number of carbonyl (C=O) groups is 2. The van der Waals surface area contributed by atoms with Crippen LogP contribution in [0.3, 0.4) is 0 Å². The lowest BCUT2D eigenvalue weighted by atomic mass is 9.93. The van der Waals surface area contributed by atoms with E-state index in [2.05, 4.69) is 0 Å². The molecule has 2 aliphatic rings. The highest BCUT2D eigenvalue weighted by Crippen LogP contribution is 2.48. The van der Waals surface area contributed by atoms with Crippen LogP contribution in [0.1, 0.15) is 61.0 Å². The van der Waals surface area contributed by atoms with Crippen LogP contribution in [0, 0.1) is 10.8 Å². The van der Waals surface area contributed by atoms with Gasteiger partial charge in [-0.25, -0.2) is 0 Å². The number of hydrogen-bond donors (Lipinski definition) is 3. The zero-order valence-corrected chi connectivity index (χ0v) is 30.3. The van der Waals surface area contributed by atoms with E-state index in [1.54, 1.807) is 53.9 Å². The highest BCUT2D eigenvalue weighted by atomic mass is 32.1. The Morgan fingerprint density at radius 2 is 1.18 bits per heavy atom. The highest BCUT2D eigenvalue weighted by molar-refractivity contribution is 7.19. The Balaban J connectivity index is 1.06. The zero-order valence-electron chi connectivity index (χ0n) is 28.6. The molecule has 0 saturated carbocycles. The molecule has 2 atom stereocenters. The van der Waals surface area contributed by atoms with Crippen molar-refractivity contribution >= 4 is 54.8 Å². The second-order valence-corrected chi connectivity index (χ2v) is 15.9. The van der Waals surface area contributed by atoms with Crippen molar-refractivity contribution in [1.82, 2.24) is 9.80 Å². The van der Waals surface area contributed by atoms with Gasteiger partial charge in [-0.05, 0) is 51.0 Å². The summed E-state index contributed by atoms with van der Waals surface area (Å²) in [6.07, 6.45) is -1.74. The third-order valence-corrected chi connectivity index (χ3v) is 11.7. The van der Waals surface area contributed by atoms with Gasteiger partial charge in [0.15, 0.2) is 23.0 Å². The molecule has 264 valence electrons. The Bertz CT molecular complexity index is 1920. The summed E-state index contributed by atoms with van der Waals surface area (Å²) in [5, 5.41) is 33.6. The van der Waals surface area contributed by atoms with Gasteiger partial charge in [0.05, 0.1) is 41.9 Å². The number of esters is 1. The van der Waals surface area contributed by atoms with Crippen molar-refractivity contribution in [1.29, 1.82) is 0 Å². The molecule has 2 aromatic heterocycles. The molecule has 12 nitrogen and oxygen atoms in total. The normalized spacial score (nSPS) is 18.1. The van der Waals surface area contributed by atoms with E-state index in [4.69, 9.17) is 23.7 Å². The molecule has 6 rings (SSSR count). The fourth-order valence-corrected chi connectivity index (χ4v) is 9.00. The number of thiophene rings is 2. The van der Waals surface area contributed by atoms with E-state index in [9.17, 15) is 24.9 Å². The first-order valence-corrected chi connectivity index (χ1v) is 17.5. The summed E-state index contributed by atoms with van der Waals surface area (Å²) in [5.74, 6) is 0.911. The number of rotatable bonds is 13. The summed E-state index contributed by atoms with van der Waals surface area (Å²) >= 11 is 2.94. The molecule has 4 heterocycles. The van der Waals surface area contributed by atoms with Gasteiger partial charge in [0, 0.05) is 58.5 Å². The molecule has 14 heteroatoms. The number of nitrogens with zero attached hydrogens (tertiary/aromatic N) is 2. The number of aliphatic carboxylic acids is 1. The van der Waals surface area contributed by atoms with Gasteiger partial charge in [0.1, 0.15) is 25.7 Å². The van der Waals surface area contributed by atoms with Crippen LogP contribution in [0.15, 0.2) is 24.3 Å². The van der Waals surface area contributed by atoms with Crippen LogP contribution in [0.2, 0.25) is 0 Å². The maximum absolute atomic E-state index is 13.2. The summed E-state index contributed by atoms with van der Waals surface area (Å²) in [4.78, 5) is 30.1. The lowest BCUT2D eigenvalue weighted by molar-refractivity contribution is -0.157. The van der Waals surface area contributed by atoms with Crippen LogP contribution in [-0.2, 0) is 27.4 Å². The summed E-state index contributed by atoms with van der Waals surface area (Å²) in [6.45, 7) is 8.39. The van der Waals surface area contributed by atoms with Gasteiger partial charge in [-0.2, -0.15) is 0 Å². The number of aliphatic hydroxyl groups is 2. The first-order valence-electron chi connectivity index (χ1n) is 15.9. The van der Waals surface area contributed by atoms with Crippen LogP contribution in [0.25, 0.3) is 20.2 Å². The molecule has 0 radical (unpaired) electrons. The lowest BCUT2D eigenvalue weighted by Gasteiger charge is -2.30. The summed E-state index contributed by atoms with van der Waals surface area (Å²) in [6, 6.07) is 7.57. The molecule has 0 amide bonds. The Morgan fingerprint density at radius 1 is 0.735 bits per heavy atom. The van der Waals surface area contributed by atoms with Gasteiger partial charge in [-0.15, -0.1) is 22.7 Å². The van der Waals surface area contributed by atoms with Crippen molar-refractivity contribution < 1.29 is 48.6 Å². The summed E-state index contributed by atoms with van der Waals surface area (Å²) < 4.78 is 30.1. The number of carboxylic acids is 1. The van der Waals surface area contributed by atoms with Crippen molar-refractivity contribution in [2.45, 2.75) is 53.2 Å². The van der Waals surface area contributed by atoms with Gasteiger partial charge < -0.3 is 39.0 Å². The average molecular weight is 715 g/mol. The van der Waals surface area contributed by atoms with Gasteiger partial charge in [0.25, 0.3) is 0 Å². The molecule has 0 fully saturated rings. The minimum Gasteiger partial charge on any atom is -0.493 e. The van der Waals surface area contributed by atoms with Crippen LogP contribution in [0.5, 0.6) is 23.0 Å². The Labute approximate surface area is 292 Å². The van der Waals surface area contributed by atoms with E-state index in [0.717, 1.165) is 41.1 Å². The van der Waals surface area contributed by atoms with Gasteiger partial charge in [-0.3, -0.25) is 19.4 Å². The molecular weight excluding hydrogens is 673 g/mol. The molecule has 2 aromatic carbocycles. The van der Waals surface area contributed by atoms with Crippen LogP contribution in [-0.4, -0.2) is 84.7 Å². The molecule has 0 aliphatic carbocycles. The molecular formula is C35H42N2O10S2. The maximum Gasteiger partial charge on any atom is 0.312 e. The predicted octanol–water partition coefficient (Wildman–Crippen LogP) is 5.51. The Kier molecular flexibility index (Phi) is 9.50. The van der Waals surface area contributed by atoms with Gasteiger partial charge in [-0.1, -0.05) is 0 Å². The molecule has 2 aliphatic heterocycles. The van der Waals surface area contributed by atoms with Crippen LogP contribution >= 0.6 is 22.7 Å². The predicted molar refractivity (Wildman–Crippen MR) is 186 cm³/mol. The number of fused-ring (bicyclic) bond motifs is 6. The van der Waals surface area contributed by atoms with Gasteiger partial charge >= 0.3 is 11.9 Å². The van der Waals surface area contributed by atoms with E-state index in [1.165, 1.54) is 22.7 Å². The third-order valence-electron chi connectivity index (χ3n) is 9.22. The van der Waals surface area contributed by atoms with E-state index < -0.39 is 35.2 Å². The van der Waals surface area contributed by atoms with E-state index in [-0.39, 0.29) is 26.3 Å². The Hall–Kier alpha value is -3.66. The highest BCUT2D eigenvalue weighted by Gasteiger charge is 2.40. The van der Waals surface area contributed by atoms with Crippen LogP contribution in [0.4, 0.5) is 0 Å². The lowest BCUT2D eigenvalue weighted by Crippen LogP contribution is -2.40. The topological polar surface area (TPSA) is 147 Å². The van der Waals surface area contributed by atoms with Crippen molar-refractivity contribution in [3.8, 4) is 23.0 Å². The number of benzene rings is 2. The molecule has 3 N–H and O–H groups in total. The van der Waals surface area contributed by atoms with Crippen molar-refractivity contribution in [2.75, 3.05) is 47.6 Å². The maximum atomic E-state index is 13.2. The number of aliphatic hydroxyl groups excluding tert-OH is 2. The van der Waals surface area contributed by atoms with Crippen molar-refractivity contribution in [2.24, 2.45) is 10.8 Å². The van der Waals surface area contributed by atoms with Gasteiger partial charge in [0.2, 0.25) is 0 Å². The first kappa shape index (κ1) is 35.2. The largest absolute Gasteiger partial charge is 0.493 e. The van der Waals surface area contributed by atoms with Crippen LogP contribution < -0.4 is 18.9 Å². The monoisotopic (exact) mass is 714 g/mol. The summed E-state index contributed by atoms with van der Waals surface area (Å²) in [5.41, 5.74) is 0.0443. The number of methoxy groups -OCH3 is 3. The standard InChI is InChI=1S/C35H42N2O10S2/c1-34(2,32(40)41)16-36-14-20-19-11-23(44-6)25(13-27(19)49-28(20)30(36)38)46-8-9-47-33(42)35(3,4)17-37-15-21-18-10-22(43-5)24(45-7)12-26(18)48-29(21)31(37)39/h10-13,30-31,38-39H,8-9,14-17H2,1-7H3,(H,40,41). The molecule has 0 spiro atoms. The van der Waals surface area contributed by atoms with E-state index in [0.29, 0.717) is 36.1 Å². The zero-order chi connectivity index (χ0) is 35.4. The Morgan fingerprint density at radius 3 is 1.67 bits per heavy atom. The molecule has 4 aromatic rings. The minimum absolute atomic E-state index is 0.0135.